The third-order valence-electron chi connectivity index (χ3n) is 7.23. The number of esters is 2. The molecule has 3 atom stereocenters. The van der Waals surface area contributed by atoms with Gasteiger partial charge in [0.25, 0.3) is 0 Å². The molecular weight excluding hydrogens is 501 g/mol. The van der Waals surface area contributed by atoms with Crippen molar-refractivity contribution in [1.82, 2.24) is 4.98 Å². The molecule has 1 aliphatic carbocycles. The molecule has 0 fully saturated rings. The van der Waals surface area contributed by atoms with E-state index < -0.39 is 41.3 Å². The van der Waals surface area contributed by atoms with E-state index in [2.05, 4.69) is 4.98 Å². The van der Waals surface area contributed by atoms with Crippen LogP contribution in [0.4, 0.5) is 10.1 Å². The maximum atomic E-state index is 14.4. The molecule has 0 saturated carbocycles. The van der Waals surface area contributed by atoms with Crippen molar-refractivity contribution in [3.05, 3.63) is 119 Å². The maximum absolute atomic E-state index is 14.4. The molecular formula is C30H26FN3O5. The first kappa shape index (κ1) is 25.8. The third kappa shape index (κ3) is 4.46. The molecule has 2 heterocycles. The monoisotopic (exact) mass is 527 g/mol. The Morgan fingerprint density at radius 3 is 2.28 bits per heavy atom. The Morgan fingerprint density at radius 2 is 1.67 bits per heavy atom. The van der Waals surface area contributed by atoms with E-state index in [-0.39, 0.29) is 23.4 Å². The molecule has 9 heteroatoms. The number of ketones is 1. The number of halogens is 1. The van der Waals surface area contributed by atoms with Crippen LogP contribution in [0, 0.1) is 11.7 Å². The molecule has 1 aliphatic heterocycles. The van der Waals surface area contributed by atoms with Crippen molar-refractivity contribution >= 4 is 23.4 Å². The molecule has 0 saturated heterocycles. The van der Waals surface area contributed by atoms with Gasteiger partial charge in [0.05, 0.1) is 25.7 Å². The fourth-order valence-electron chi connectivity index (χ4n) is 5.51. The lowest BCUT2D eigenvalue weighted by molar-refractivity contribution is -0.150. The minimum Gasteiger partial charge on any atom is -0.468 e. The molecule has 8 nitrogen and oxygen atoms in total. The SMILES string of the molecule is COC(=O)C1=C(N)N(c2ccc(F)cc2)C2=C(C(=O)[C@@H](C(=O)OC)[C@@H](c3ccccc3)C2)[C@@H]1c1cccnc1. The summed E-state index contributed by atoms with van der Waals surface area (Å²) >= 11 is 0. The van der Waals surface area contributed by atoms with Crippen molar-refractivity contribution in [3.8, 4) is 0 Å². The zero-order valence-electron chi connectivity index (χ0n) is 21.3. The fourth-order valence-corrected chi connectivity index (χ4v) is 5.51. The third-order valence-corrected chi connectivity index (χ3v) is 7.23. The molecule has 2 aromatic carbocycles. The van der Waals surface area contributed by atoms with Crippen molar-refractivity contribution in [2.24, 2.45) is 11.7 Å². The smallest absolute Gasteiger partial charge is 0.338 e. The number of nitrogens with two attached hydrogens (primary N) is 1. The molecule has 0 spiro atoms. The first-order valence-corrected chi connectivity index (χ1v) is 12.3. The summed E-state index contributed by atoms with van der Waals surface area (Å²) in [6.45, 7) is 0. The van der Waals surface area contributed by atoms with Gasteiger partial charge in [-0.05, 0) is 47.9 Å². The summed E-state index contributed by atoms with van der Waals surface area (Å²) in [5.41, 5.74) is 9.18. The molecule has 5 rings (SSSR count). The van der Waals surface area contributed by atoms with Gasteiger partial charge in [-0.2, -0.15) is 0 Å². The van der Waals surface area contributed by atoms with E-state index in [0.29, 0.717) is 16.9 Å². The van der Waals surface area contributed by atoms with Crippen LogP contribution in [-0.2, 0) is 23.9 Å². The van der Waals surface area contributed by atoms with Crippen molar-refractivity contribution < 1.29 is 28.2 Å². The van der Waals surface area contributed by atoms with Gasteiger partial charge in [-0.1, -0.05) is 36.4 Å². The highest BCUT2D eigenvalue weighted by Gasteiger charge is 2.51. The standard InChI is InChI=1S/C30H26FN3O5/c1-38-29(36)24-21(17-7-4-3-5-8-17)15-22-25(27(24)35)23(18-9-6-14-33-16-18)26(30(37)39-2)28(32)34(22)20-12-10-19(31)11-13-20/h3-14,16,21,23-24H,15,32H2,1-2H3/t21-,23+,24+/m1/s1. The minimum absolute atomic E-state index is 0.0173. The zero-order chi connectivity index (χ0) is 27.7. The van der Waals surface area contributed by atoms with Crippen molar-refractivity contribution in [3.63, 3.8) is 0 Å². The number of allylic oxidation sites excluding steroid dienone is 2. The summed E-state index contributed by atoms with van der Waals surface area (Å²) in [5, 5.41) is 0. The normalized spacial score (nSPS) is 20.9. The molecule has 1 aromatic heterocycles. The Labute approximate surface area is 224 Å². The topological polar surface area (TPSA) is 112 Å². The van der Waals surface area contributed by atoms with E-state index in [0.717, 1.165) is 5.56 Å². The molecule has 0 unspecified atom stereocenters. The number of anilines is 1. The van der Waals surface area contributed by atoms with Crippen LogP contribution in [0.2, 0.25) is 0 Å². The van der Waals surface area contributed by atoms with E-state index in [4.69, 9.17) is 15.2 Å². The largest absolute Gasteiger partial charge is 0.468 e. The predicted octanol–water partition coefficient (Wildman–Crippen LogP) is 3.97. The molecule has 0 bridgehead atoms. The summed E-state index contributed by atoms with van der Waals surface area (Å²) in [7, 11) is 2.46. The van der Waals surface area contributed by atoms with Crippen LogP contribution in [0.15, 0.2) is 102 Å². The van der Waals surface area contributed by atoms with Gasteiger partial charge in [-0.15, -0.1) is 0 Å². The number of ether oxygens (including phenoxy) is 2. The molecule has 0 radical (unpaired) electrons. The lowest BCUT2D eigenvalue weighted by Crippen LogP contribution is -2.46. The Morgan fingerprint density at radius 1 is 0.974 bits per heavy atom. The van der Waals surface area contributed by atoms with Gasteiger partial charge >= 0.3 is 11.9 Å². The van der Waals surface area contributed by atoms with Gasteiger partial charge in [0.1, 0.15) is 17.6 Å². The molecule has 3 aromatic rings. The number of hydrogen-bond acceptors (Lipinski definition) is 8. The average molecular weight is 528 g/mol. The second-order valence-electron chi connectivity index (χ2n) is 9.27. The number of rotatable bonds is 5. The number of aromatic nitrogens is 1. The highest BCUT2D eigenvalue weighted by molar-refractivity contribution is 6.14. The van der Waals surface area contributed by atoms with Gasteiger partial charge < -0.3 is 15.2 Å². The van der Waals surface area contributed by atoms with Crippen molar-refractivity contribution in [2.45, 2.75) is 18.3 Å². The number of Topliss-reactive ketones (excluding diaryl/α,β-unsaturated/α-hetero) is 1. The Balaban J connectivity index is 1.82. The van der Waals surface area contributed by atoms with E-state index in [1.54, 1.807) is 29.4 Å². The van der Waals surface area contributed by atoms with Crippen LogP contribution in [0.25, 0.3) is 0 Å². The molecule has 39 heavy (non-hydrogen) atoms. The summed E-state index contributed by atoms with van der Waals surface area (Å²) in [4.78, 5) is 46.6. The van der Waals surface area contributed by atoms with Crippen molar-refractivity contribution in [2.75, 3.05) is 19.1 Å². The van der Waals surface area contributed by atoms with Crippen LogP contribution in [0.1, 0.15) is 29.4 Å². The predicted molar refractivity (Wildman–Crippen MR) is 140 cm³/mol. The van der Waals surface area contributed by atoms with E-state index >= 15 is 0 Å². The summed E-state index contributed by atoms with van der Waals surface area (Å²) < 4.78 is 24.1. The number of carbonyl (C=O) groups excluding carboxylic acids is 3. The highest BCUT2D eigenvalue weighted by Crippen LogP contribution is 2.51. The van der Waals surface area contributed by atoms with Crippen LogP contribution in [0.5, 0.6) is 0 Å². The van der Waals surface area contributed by atoms with Crippen LogP contribution >= 0.6 is 0 Å². The van der Waals surface area contributed by atoms with E-state index in [9.17, 15) is 18.8 Å². The Kier molecular flexibility index (Phi) is 6.98. The minimum atomic E-state index is -1.16. The van der Waals surface area contributed by atoms with Gasteiger partial charge in [0.15, 0.2) is 5.78 Å². The first-order chi connectivity index (χ1) is 18.9. The Hall–Kier alpha value is -4.79. The number of benzene rings is 2. The lowest BCUT2D eigenvalue weighted by Gasteiger charge is -2.44. The van der Waals surface area contributed by atoms with Crippen LogP contribution in [-0.4, -0.2) is 36.9 Å². The summed E-state index contributed by atoms with van der Waals surface area (Å²) in [6.07, 6.45) is 3.33. The van der Waals surface area contributed by atoms with Gasteiger partial charge in [-0.25, -0.2) is 9.18 Å². The van der Waals surface area contributed by atoms with Crippen molar-refractivity contribution in [1.29, 1.82) is 0 Å². The van der Waals surface area contributed by atoms with Crippen LogP contribution < -0.4 is 10.6 Å². The van der Waals surface area contributed by atoms with Crippen LogP contribution in [0.3, 0.4) is 0 Å². The molecule has 2 aliphatic rings. The second kappa shape index (κ2) is 10.5. The number of carbonyl (C=O) groups is 3. The Bertz CT molecular complexity index is 1490. The number of nitrogens with zero attached hydrogens (tertiary/aromatic N) is 2. The average Bonchev–Trinajstić information content (AvgIpc) is 2.97. The number of pyridine rings is 1. The number of hydrogen-bond donors (Lipinski definition) is 1. The second-order valence-corrected chi connectivity index (χ2v) is 9.27. The fraction of sp³-hybridized carbons (Fsp3) is 0.200. The van der Waals surface area contributed by atoms with Gasteiger partial charge in [0, 0.05) is 35.3 Å². The first-order valence-electron chi connectivity index (χ1n) is 12.3. The van der Waals surface area contributed by atoms with Gasteiger partial charge in [0.2, 0.25) is 0 Å². The van der Waals surface area contributed by atoms with E-state index in [1.165, 1.54) is 38.5 Å². The summed E-state index contributed by atoms with van der Waals surface area (Å²) in [6, 6.07) is 18.2. The quantitative estimate of drug-likeness (QED) is 0.392. The number of methoxy groups -OCH3 is 2. The molecule has 2 N–H and O–H groups in total. The van der Waals surface area contributed by atoms with E-state index in [1.807, 2.05) is 30.3 Å². The molecule has 198 valence electrons. The highest BCUT2D eigenvalue weighted by atomic mass is 19.1. The lowest BCUT2D eigenvalue weighted by atomic mass is 9.67. The maximum Gasteiger partial charge on any atom is 0.338 e. The molecule has 0 amide bonds. The zero-order valence-corrected chi connectivity index (χ0v) is 21.3. The van der Waals surface area contributed by atoms with Gasteiger partial charge in [-0.3, -0.25) is 19.5 Å². The summed E-state index contributed by atoms with van der Waals surface area (Å²) in [5.74, 6) is -5.02.